The largest absolute Gasteiger partial charge is 0.397 e. The third-order valence-electron chi connectivity index (χ3n) is 4.02. The van der Waals surface area contributed by atoms with E-state index in [0.29, 0.717) is 16.5 Å². The average Bonchev–Trinajstić information content (AvgIpc) is 3.32. The Labute approximate surface area is 131 Å². The van der Waals surface area contributed by atoms with Gasteiger partial charge in [0.1, 0.15) is 9.71 Å². The number of anilines is 1. The van der Waals surface area contributed by atoms with Crippen molar-refractivity contribution >= 4 is 33.1 Å². The van der Waals surface area contributed by atoms with Gasteiger partial charge in [-0.2, -0.15) is 0 Å². The Balaban J connectivity index is 2.05. The highest BCUT2D eigenvalue weighted by Gasteiger charge is 2.28. The van der Waals surface area contributed by atoms with Crippen LogP contribution in [0.25, 0.3) is 21.3 Å². The molecule has 3 aromatic rings. The van der Waals surface area contributed by atoms with Crippen molar-refractivity contribution in [3.8, 4) is 11.1 Å². The molecule has 4 N–H and O–H groups in total. The minimum Gasteiger partial charge on any atom is -0.397 e. The normalized spacial score (nSPS) is 14.4. The Bertz CT molecular complexity index is 882. The van der Waals surface area contributed by atoms with Crippen LogP contribution < -0.4 is 11.5 Å². The van der Waals surface area contributed by atoms with Crippen molar-refractivity contribution in [1.29, 1.82) is 0 Å². The average molecular weight is 309 g/mol. The fourth-order valence-corrected chi connectivity index (χ4v) is 3.74. The van der Waals surface area contributed by atoms with Gasteiger partial charge in [0.2, 0.25) is 0 Å². The summed E-state index contributed by atoms with van der Waals surface area (Å²) >= 11 is 1.29. The molecule has 4 nitrogen and oxygen atoms in total. The number of hydrogen-bond acceptors (Lipinski definition) is 4. The topological polar surface area (TPSA) is 82.0 Å². The third-order valence-corrected chi connectivity index (χ3v) is 5.14. The van der Waals surface area contributed by atoms with E-state index >= 15 is 0 Å². The van der Waals surface area contributed by atoms with E-state index < -0.39 is 5.91 Å². The lowest BCUT2D eigenvalue weighted by Gasteiger charge is -2.08. The molecule has 0 spiro atoms. The van der Waals surface area contributed by atoms with Crippen LogP contribution in [0.5, 0.6) is 0 Å². The Hall–Kier alpha value is -2.40. The molecule has 4 rings (SSSR count). The summed E-state index contributed by atoms with van der Waals surface area (Å²) in [4.78, 5) is 17.5. The van der Waals surface area contributed by atoms with E-state index in [1.54, 1.807) is 0 Å². The maximum absolute atomic E-state index is 11.6. The van der Waals surface area contributed by atoms with Crippen LogP contribution in [-0.2, 0) is 0 Å². The van der Waals surface area contributed by atoms with Crippen LogP contribution in [0.1, 0.15) is 34.1 Å². The van der Waals surface area contributed by atoms with Gasteiger partial charge < -0.3 is 11.5 Å². The maximum atomic E-state index is 11.6. The second-order valence-corrected chi connectivity index (χ2v) is 6.62. The highest BCUT2D eigenvalue weighted by atomic mass is 32.1. The molecular weight excluding hydrogens is 294 g/mol. The number of nitrogens with zero attached hydrogens (tertiary/aromatic N) is 1. The van der Waals surface area contributed by atoms with Crippen LogP contribution in [0.15, 0.2) is 36.4 Å². The summed E-state index contributed by atoms with van der Waals surface area (Å²) in [6.45, 7) is 0. The molecule has 0 radical (unpaired) electrons. The number of rotatable bonds is 3. The van der Waals surface area contributed by atoms with Crippen LogP contribution in [0.4, 0.5) is 5.69 Å². The summed E-state index contributed by atoms with van der Waals surface area (Å²) < 4.78 is 0. The Morgan fingerprint density at radius 1 is 1.23 bits per heavy atom. The SMILES string of the molecule is NC(=O)c1sc2nc(C3CC3)cc(-c3ccccc3)c2c1N. The lowest BCUT2D eigenvalue weighted by Crippen LogP contribution is -2.10. The molecule has 1 aliphatic carbocycles. The van der Waals surface area contributed by atoms with Crippen LogP contribution in [0.3, 0.4) is 0 Å². The highest BCUT2D eigenvalue weighted by molar-refractivity contribution is 7.21. The van der Waals surface area contributed by atoms with Crippen molar-refractivity contribution in [2.75, 3.05) is 5.73 Å². The molecule has 1 amide bonds. The standard InChI is InChI=1S/C17H15N3OS/c18-14-13-11(9-4-2-1-3-5-9)8-12(10-6-7-10)20-17(13)22-15(14)16(19)21/h1-5,8,10H,6-7,18H2,(H2,19,21). The predicted octanol–water partition coefficient (Wildman–Crippen LogP) is 3.52. The number of nitrogen functional groups attached to an aromatic ring is 1. The van der Waals surface area contributed by atoms with Crippen LogP contribution in [0, 0.1) is 0 Å². The van der Waals surface area contributed by atoms with Crippen LogP contribution in [0.2, 0.25) is 0 Å². The molecule has 0 aliphatic heterocycles. The number of carbonyl (C=O) groups excluding carboxylic acids is 1. The molecule has 2 aromatic heterocycles. The molecule has 5 heteroatoms. The van der Waals surface area contributed by atoms with Crippen molar-refractivity contribution < 1.29 is 4.79 Å². The van der Waals surface area contributed by atoms with E-state index in [2.05, 4.69) is 6.07 Å². The van der Waals surface area contributed by atoms with E-state index in [9.17, 15) is 4.79 Å². The van der Waals surface area contributed by atoms with Gasteiger partial charge in [0, 0.05) is 17.0 Å². The summed E-state index contributed by atoms with van der Waals surface area (Å²) in [7, 11) is 0. The molecule has 22 heavy (non-hydrogen) atoms. The van der Waals surface area contributed by atoms with Gasteiger partial charge in [0.25, 0.3) is 5.91 Å². The third kappa shape index (κ3) is 2.05. The van der Waals surface area contributed by atoms with E-state index in [1.165, 1.54) is 24.2 Å². The molecule has 0 unspecified atom stereocenters. The van der Waals surface area contributed by atoms with Crippen molar-refractivity contribution in [3.63, 3.8) is 0 Å². The minimum atomic E-state index is -0.493. The predicted molar refractivity (Wildman–Crippen MR) is 90.0 cm³/mol. The number of fused-ring (bicyclic) bond motifs is 1. The number of hydrogen-bond donors (Lipinski definition) is 2. The molecule has 1 aromatic carbocycles. The smallest absolute Gasteiger partial charge is 0.260 e. The first-order valence-corrected chi connectivity index (χ1v) is 8.05. The molecule has 0 saturated heterocycles. The van der Waals surface area contributed by atoms with Crippen molar-refractivity contribution in [1.82, 2.24) is 4.98 Å². The number of aromatic nitrogens is 1. The van der Waals surface area contributed by atoms with Gasteiger partial charge in [-0.25, -0.2) is 4.98 Å². The number of pyridine rings is 1. The van der Waals surface area contributed by atoms with E-state index in [0.717, 1.165) is 27.0 Å². The Kier molecular flexibility index (Phi) is 2.90. The first-order chi connectivity index (χ1) is 10.6. The zero-order valence-electron chi connectivity index (χ0n) is 11.9. The molecular formula is C17H15N3OS. The molecule has 0 atom stereocenters. The maximum Gasteiger partial charge on any atom is 0.260 e. The molecule has 1 fully saturated rings. The van der Waals surface area contributed by atoms with Gasteiger partial charge in [0.15, 0.2) is 0 Å². The molecule has 0 bridgehead atoms. The first-order valence-electron chi connectivity index (χ1n) is 7.23. The number of carbonyl (C=O) groups is 1. The zero-order chi connectivity index (χ0) is 15.3. The highest BCUT2D eigenvalue weighted by Crippen LogP contribution is 2.45. The van der Waals surface area contributed by atoms with Crippen molar-refractivity contribution in [3.05, 3.63) is 47.0 Å². The van der Waals surface area contributed by atoms with Gasteiger partial charge in [-0.15, -0.1) is 11.3 Å². The molecule has 110 valence electrons. The van der Waals surface area contributed by atoms with Crippen LogP contribution >= 0.6 is 11.3 Å². The van der Waals surface area contributed by atoms with E-state index in [1.807, 2.05) is 30.3 Å². The van der Waals surface area contributed by atoms with Crippen LogP contribution in [-0.4, -0.2) is 10.9 Å². The van der Waals surface area contributed by atoms with Gasteiger partial charge in [0.05, 0.1) is 5.69 Å². The molecule has 1 saturated carbocycles. The van der Waals surface area contributed by atoms with Gasteiger partial charge in [-0.3, -0.25) is 4.79 Å². The number of amides is 1. The second-order valence-electron chi connectivity index (χ2n) is 5.62. The lowest BCUT2D eigenvalue weighted by molar-refractivity contribution is 0.100. The quantitative estimate of drug-likeness (QED) is 0.776. The first kappa shape index (κ1) is 13.3. The fourth-order valence-electron chi connectivity index (χ4n) is 2.76. The second kappa shape index (κ2) is 4.81. The summed E-state index contributed by atoms with van der Waals surface area (Å²) in [6.07, 6.45) is 2.35. The molecule has 2 heterocycles. The zero-order valence-corrected chi connectivity index (χ0v) is 12.7. The molecule has 1 aliphatic rings. The summed E-state index contributed by atoms with van der Waals surface area (Å²) in [6, 6.07) is 12.2. The van der Waals surface area contributed by atoms with Crippen molar-refractivity contribution in [2.45, 2.75) is 18.8 Å². The summed E-state index contributed by atoms with van der Waals surface area (Å²) in [5.41, 5.74) is 15.3. The van der Waals surface area contributed by atoms with E-state index in [4.69, 9.17) is 16.5 Å². The summed E-state index contributed by atoms with van der Waals surface area (Å²) in [5, 5.41) is 0.842. The van der Waals surface area contributed by atoms with Gasteiger partial charge in [-0.05, 0) is 30.0 Å². The number of nitrogens with two attached hydrogens (primary N) is 2. The van der Waals surface area contributed by atoms with Crippen molar-refractivity contribution in [2.24, 2.45) is 5.73 Å². The fraction of sp³-hybridized carbons (Fsp3) is 0.176. The summed E-state index contributed by atoms with van der Waals surface area (Å²) in [5.74, 6) is 0.0414. The Morgan fingerprint density at radius 3 is 2.59 bits per heavy atom. The van der Waals surface area contributed by atoms with E-state index in [-0.39, 0.29) is 0 Å². The number of benzene rings is 1. The number of thiophene rings is 1. The monoisotopic (exact) mass is 309 g/mol. The lowest BCUT2D eigenvalue weighted by atomic mass is 10.0. The van der Waals surface area contributed by atoms with Gasteiger partial charge in [-0.1, -0.05) is 30.3 Å². The van der Waals surface area contributed by atoms with Gasteiger partial charge >= 0.3 is 0 Å². The number of primary amides is 1. The Morgan fingerprint density at radius 2 is 1.95 bits per heavy atom. The minimum absolute atomic E-state index is 0.396.